The molecule has 40 heavy (non-hydrogen) atoms. The molecule has 0 bridgehead atoms. The van der Waals surface area contributed by atoms with Crippen molar-refractivity contribution in [2.24, 2.45) is 5.16 Å². The van der Waals surface area contributed by atoms with E-state index in [2.05, 4.69) is 25.8 Å². The lowest BCUT2D eigenvalue weighted by molar-refractivity contribution is -0.150. The van der Waals surface area contributed by atoms with E-state index in [0.29, 0.717) is 17.2 Å². The number of hydrogen-bond acceptors (Lipinski definition) is 13. The minimum Gasteiger partial charge on any atom is -0.477 e. The average Bonchev–Trinajstić information content (AvgIpc) is 3.38. The number of aliphatic carboxylic acids is 1. The van der Waals surface area contributed by atoms with Crippen molar-refractivity contribution in [1.29, 1.82) is 5.41 Å². The summed E-state index contributed by atoms with van der Waals surface area (Å²) >= 11 is 5.14. The third kappa shape index (κ3) is 6.68. The highest BCUT2D eigenvalue weighted by Crippen LogP contribution is 2.46. The van der Waals surface area contributed by atoms with Crippen LogP contribution in [0.5, 0.6) is 0 Å². The van der Waals surface area contributed by atoms with Gasteiger partial charge in [0.05, 0.1) is 6.34 Å². The largest absolute Gasteiger partial charge is 0.477 e. The lowest BCUT2D eigenvalue weighted by atomic mass is 10.0. The summed E-state index contributed by atoms with van der Waals surface area (Å²) in [6.07, 6.45) is 4.40. The number of thiazole rings is 1. The Balaban J connectivity index is 1.50. The molecule has 2 aliphatic rings. The van der Waals surface area contributed by atoms with Gasteiger partial charge in [-0.1, -0.05) is 16.9 Å². The summed E-state index contributed by atoms with van der Waals surface area (Å²) in [5.41, 5.74) is 5.33. The number of oxime groups is 1. The normalized spacial score (nSPS) is 18.6. The number of pyridine rings is 1. The highest BCUT2D eigenvalue weighted by Gasteiger charge is 2.54. The summed E-state index contributed by atoms with van der Waals surface area (Å²) in [5.74, 6) is -1.69. The minimum atomic E-state index is -1.26. The van der Waals surface area contributed by atoms with Crippen molar-refractivity contribution in [3.05, 3.63) is 40.1 Å². The molecule has 0 unspecified atom stereocenters. The number of nitrogens with one attached hydrogen (secondary N) is 3. The zero-order valence-electron chi connectivity index (χ0n) is 20.5. The van der Waals surface area contributed by atoms with E-state index in [0.717, 1.165) is 27.5 Å². The standard InChI is InChI=1S/C22H23FN8O5S4/c23-2-5-36-30-15(11-8-39-22(25)28-11)18(32)29-16-19(33)31-17(21(34)35)14(9-38-20(16)31)40-12-1-3-26-7-13(12)37-6-4-27-10-24/h1,3,7-8,10,16,20H,2,4-6,9H2,(H2,24,27)(H2,25,28)(H,29,32)(H,34,35)/b30-15-/t16-,20+/m1/s1. The topological polar surface area (TPSA) is 196 Å². The Morgan fingerprint density at radius 3 is 2.95 bits per heavy atom. The van der Waals surface area contributed by atoms with E-state index in [1.807, 2.05) is 0 Å². The predicted octanol–water partition coefficient (Wildman–Crippen LogP) is 1.59. The fourth-order valence-electron chi connectivity index (χ4n) is 3.61. The maximum absolute atomic E-state index is 13.1. The number of nitrogens with two attached hydrogens (primary N) is 1. The number of β-lactam (4-membered cyclic amide) rings is 1. The Bertz CT molecular complexity index is 1360. The molecule has 6 N–H and O–H groups in total. The first-order valence-corrected chi connectivity index (χ1v) is 15.2. The molecule has 2 aromatic rings. The summed E-state index contributed by atoms with van der Waals surface area (Å²) in [6.45, 7) is -0.622. The van der Waals surface area contributed by atoms with Crippen LogP contribution in [0.3, 0.4) is 0 Å². The molecule has 212 valence electrons. The lowest BCUT2D eigenvalue weighted by Gasteiger charge is -2.49. The number of nitrogens with zero attached hydrogens (tertiary/aromatic N) is 4. The number of carboxylic acid groups (broad SMARTS) is 1. The lowest BCUT2D eigenvalue weighted by Crippen LogP contribution is -2.71. The van der Waals surface area contributed by atoms with Crippen molar-refractivity contribution >= 4 is 81.6 Å². The molecule has 13 nitrogen and oxygen atoms in total. The number of fused-ring (bicyclic) bond motifs is 1. The quantitative estimate of drug-likeness (QED) is 0.0508. The zero-order chi connectivity index (χ0) is 28.6. The van der Waals surface area contributed by atoms with Gasteiger partial charge >= 0.3 is 5.97 Å². The number of amides is 2. The molecule has 18 heteroatoms. The molecule has 0 spiro atoms. The van der Waals surface area contributed by atoms with E-state index < -0.39 is 35.9 Å². The first-order valence-electron chi connectivity index (χ1n) is 11.5. The van der Waals surface area contributed by atoms with Crippen molar-refractivity contribution in [1.82, 2.24) is 25.5 Å². The van der Waals surface area contributed by atoms with E-state index in [4.69, 9.17) is 16.0 Å². The highest BCUT2D eigenvalue weighted by molar-refractivity contribution is 8.07. The molecule has 0 radical (unpaired) electrons. The Morgan fingerprint density at radius 2 is 2.25 bits per heavy atom. The Kier molecular flexibility index (Phi) is 10.2. The molecule has 0 saturated carbocycles. The van der Waals surface area contributed by atoms with Gasteiger partial charge in [-0.2, -0.15) is 0 Å². The second-order valence-corrected chi connectivity index (χ2v) is 12.1. The van der Waals surface area contributed by atoms with Gasteiger partial charge in [-0.15, -0.1) is 34.9 Å². The number of rotatable bonds is 14. The number of anilines is 1. The van der Waals surface area contributed by atoms with Gasteiger partial charge in [0.15, 0.2) is 10.8 Å². The summed E-state index contributed by atoms with van der Waals surface area (Å²) in [5, 5.41) is 27.1. The van der Waals surface area contributed by atoms with Crippen LogP contribution in [0.15, 0.2) is 49.4 Å². The first-order chi connectivity index (χ1) is 19.3. The number of hydrogen-bond donors (Lipinski definition) is 5. The van der Waals surface area contributed by atoms with Crippen LogP contribution in [-0.4, -0.2) is 92.6 Å². The van der Waals surface area contributed by atoms with E-state index >= 15 is 0 Å². The van der Waals surface area contributed by atoms with Crippen molar-refractivity contribution in [2.45, 2.75) is 21.2 Å². The summed E-state index contributed by atoms with van der Waals surface area (Å²) in [4.78, 5) is 54.7. The number of aromatic nitrogens is 2. The van der Waals surface area contributed by atoms with Gasteiger partial charge in [-0.3, -0.25) is 24.9 Å². The maximum atomic E-state index is 13.1. The van der Waals surface area contributed by atoms with Crippen LogP contribution < -0.4 is 16.4 Å². The van der Waals surface area contributed by atoms with Crippen LogP contribution in [0.4, 0.5) is 9.52 Å². The molecular weight excluding hydrogens is 604 g/mol. The van der Waals surface area contributed by atoms with Crippen molar-refractivity contribution in [3.63, 3.8) is 0 Å². The van der Waals surface area contributed by atoms with E-state index in [9.17, 15) is 23.9 Å². The van der Waals surface area contributed by atoms with Crippen LogP contribution >= 0.6 is 46.6 Å². The van der Waals surface area contributed by atoms with Crippen LogP contribution in [0.2, 0.25) is 0 Å². The van der Waals surface area contributed by atoms with E-state index in [-0.39, 0.29) is 34.6 Å². The Hall–Kier alpha value is -3.35. The van der Waals surface area contributed by atoms with Gasteiger partial charge in [-0.05, 0) is 6.07 Å². The van der Waals surface area contributed by atoms with Gasteiger partial charge in [0.1, 0.15) is 36.1 Å². The molecule has 1 saturated heterocycles. The maximum Gasteiger partial charge on any atom is 0.353 e. The molecule has 2 aromatic heterocycles. The van der Waals surface area contributed by atoms with Gasteiger partial charge in [0.25, 0.3) is 11.8 Å². The number of carbonyl (C=O) groups excluding carboxylic acids is 2. The number of alkyl halides is 1. The van der Waals surface area contributed by atoms with Crippen molar-refractivity contribution in [2.75, 3.05) is 37.1 Å². The number of carboxylic acids is 1. The smallest absolute Gasteiger partial charge is 0.353 e. The molecule has 2 amide bonds. The van der Waals surface area contributed by atoms with E-state index in [1.165, 1.54) is 45.6 Å². The first kappa shape index (κ1) is 29.6. The second kappa shape index (κ2) is 13.8. The third-order valence-corrected chi connectivity index (χ3v) is 9.78. The molecule has 1 fully saturated rings. The average molecular weight is 627 g/mol. The van der Waals surface area contributed by atoms with Crippen molar-refractivity contribution < 1.29 is 28.7 Å². The minimum absolute atomic E-state index is 0.100. The molecule has 0 aliphatic carbocycles. The number of nitrogen functional groups attached to an aromatic ring is 1. The Morgan fingerprint density at radius 1 is 1.43 bits per heavy atom. The zero-order valence-corrected chi connectivity index (χ0v) is 23.8. The second-order valence-electron chi connectivity index (χ2n) is 7.84. The monoisotopic (exact) mass is 626 g/mol. The van der Waals surface area contributed by atoms with Crippen molar-refractivity contribution in [3.8, 4) is 0 Å². The van der Waals surface area contributed by atoms with Gasteiger partial charge < -0.3 is 26.3 Å². The molecule has 4 rings (SSSR count). The molecule has 0 aromatic carbocycles. The highest BCUT2D eigenvalue weighted by atomic mass is 32.2. The SMILES string of the molecule is N=CNCCSc1cnccc1SC1=C(C(=O)O)N2C(=O)[C@@H](NC(=O)/C(=N\OCCF)c3csc(N)n3)[C@@H]2SC1. The van der Waals surface area contributed by atoms with Crippen LogP contribution in [0, 0.1) is 5.41 Å². The molecule has 2 aliphatic heterocycles. The summed E-state index contributed by atoms with van der Waals surface area (Å²) in [7, 11) is 0. The third-order valence-electron chi connectivity index (χ3n) is 5.31. The van der Waals surface area contributed by atoms with Gasteiger partial charge in [-0.25, -0.2) is 14.2 Å². The fourth-order valence-corrected chi connectivity index (χ4v) is 7.71. The number of carbonyl (C=O) groups is 3. The van der Waals surface area contributed by atoms with Gasteiger partial charge in [0.2, 0.25) is 0 Å². The molecular formula is C22H23FN8O5S4. The van der Waals surface area contributed by atoms with Crippen LogP contribution in [0.25, 0.3) is 0 Å². The fraction of sp³-hybridized carbons (Fsp3) is 0.318. The predicted molar refractivity (Wildman–Crippen MR) is 152 cm³/mol. The molecule has 4 heterocycles. The number of thioether (sulfide) groups is 3. The Labute approximate surface area is 244 Å². The van der Waals surface area contributed by atoms with Gasteiger partial charge in [0, 0.05) is 50.5 Å². The van der Waals surface area contributed by atoms with Crippen LogP contribution in [-0.2, 0) is 19.2 Å². The summed E-state index contributed by atoms with van der Waals surface area (Å²) < 4.78 is 12.5. The van der Waals surface area contributed by atoms with Crippen LogP contribution in [0.1, 0.15) is 5.69 Å². The van der Waals surface area contributed by atoms with E-state index in [1.54, 1.807) is 18.5 Å². The molecule has 2 atom stereocenters. The summed E-state index contributed by atoms with van der Waals surface area (Å²) in [6, 6.07) is 0.757. The number of halogens is 1.